The molecular formula is C25H32N2O. The Morgan fingerprint density at radius 3 is 2.04 bits per heavy atom. The number of hydrazone groups is 1. The SMILES string of the molecule is CC(=NNC(=O)c1ccc(C(C)(C)C)cc1)c1ccc(C2CCCCC2)cc1. The van der Waals surface area contributed by atoms with E-state index in [-0.39, 0.29) is 11.3 Å². The number of nitrogens with zero attached hydrogens (tertiary/aromatic N) is 1. The third-order valence-electron chi connectivity index (χ3n) is 5.74. The van der Waals surface area contributed by atoms with Crippen molar-refractivity contribution in [2.45, 2.75) is 71.1 Å². The summed E-state index contributed by atoms with van der Waals surface area (Å²) in [5.41, 5.74) is 7.88. The first kappa shape index (κ1) is 20.3. The van der Waals surface area contributed by atoms with Gasteiger partial charge in [0, 0.05) is 5.56 Å². The molecule has 1 fully saturated rings. The lowest BCUT2D eigenvalue weighted by Gasteiger charge is -2.22. The van der Waals surface area contributed by atoms with Crippen molar-refractivity contribution in [2.24, 2.45) is 5.10 Å². The van der Waals surface area contributed by atoms with Crippen LogP contribution >= 0.6 is 0 Å². The van der Waals surface area contributed by atoms with Gasteiger partial charge in [-0.05, 0) is 59.9 Å². The van der Waals surface area contributed by atoms with Crippen LogP contribution in [0.5, 0.6) is 0 Å². The molecular weight excluding hydrogens is 344 g/mol. The molecule has 148 valence electrons. The van der Waals surface area contributed by atoms with Gasteiger partial charge in [-0.1, -0.05) is 76.4 Å². The predicted octanol–water partition coefficient (Wildman–Crippen LogP) is 6.19. The van der Waals surface area contributed by atoms with Crippen molar-refractivity contribution in [3.8, 4) is 0 Å². The van der Waals surface area contributed by atoms with E-state index in [1.807, 2.05) is 31.2 Å². The molecule has 3 nitrogen and oxygen atoms in total. The summed E-state index contributed by atoms with van der Waals surface area (Å²) >= 11 is 0. The average molecular weight is 377 g/mol. The van der Waals surface area contributed by atoms with Crippen molar-refractivity contribution in [1.82, 2.24) is 5.43 Å². The van der Waals surface area contributed by atoms with Gasteiger partial charge in [-0.3, -0.25) is 4.79 Å². The molecule has 1 saturated carbocycles. The van der Waals surface area contributed by atoms with E-state index in [1.54, 1.807) is 0 Å². The third kappa shape index (κ3) is 5.09. The first-order valence-corrected chi connectivity index (χ1v) is 10.4. The molecule has 0 radical (unpaired) electrons. The Kier molecular flexibility index (Phi) is 6.33. The van der Waals surface area contributed by atoms with E-state index in [9.17, 15) is 4.79 Å². The summed E-state index contributed by atoms with van der Waals surface area (Å²) in [7, 11) is 0. The fourth-order valence-corrected chi connectivity index (χ4v) is 3.82. The maximum Gasteiger partial charge on any atom is 0.271 e. The van der Waals surface area contributed by atoms with E-state index in [0.717, 1.165) is 11.3 Å². The molecule has 0 unspecified atom stereocenters. The van der Waals surface area contributed by atoms with Gasteiger partial charge in [0.25, 0.3) is 5.91 Å². The Morgan fingerprint density at radius 1 is 0.893 bits per heavy atom. The normalized spacial score (nSPS) is 16.1. The van der Waals surface area contributed by atoms with E-state index in [1.165, 1.54) is 43.2 Å². The standard InChI is InChI=1S/C25H32N2O/c1-18(19-10-12-21(13-11-19)20-8-6-5-7-9-20)26-27-24(28)22-14-16-23(17-15-22)25(2,3)4/h10-17,20H,5-9H2,1-4H3,(H,27,28). The Hall–Kier alpha value is -2.42. The van der Waals surface area contributed by atoms with Gasteiger partial charge in [0.1, 0.15) is 0 Å². The summed E-state index contributed by atoms with van der Waals surface area (Å²) in [6.45, 7) is 8.42. The molecule has 1 aliphatic carbocycles. The van der Waals surface area contributed by atoms with Gasteiger partial charge in [0.05, 0.1) is 5.71 Å². The van der Waals surface area contributed by atoms with E-state index in [0.29, 0.717) is 11.5 Å². The van der Waals surface area contributed by atoms with Crippen LogP contribution in [0.25, 0.3) is 0 Å². The molecule has 0 heterocycles. The first-order valence-electron chi connectivity index (χ1n) is 10.4. The second-order valence-corrected chi connectivity index (χ2v) is 8.92. The second-order valence-electron chi connectivity index (χ2n) is 8.92. The minimum atomic E-state index is -0.182. The maximum atomic E-state index is 12.4. The summed E-state index contributed by atoms with van der Waals surface area (Å²) in [5.74, 6) is 0.523. The van der Waals surface area contributed by atoms with Gasteiger partial charge in [-0.15, -0.1) is 0 Å². The molecule has 0 aromatic heterocycles. The second kappa shape index (κ2) is 8.72. The van der Waals surface area contributed by atoms with E-state index in [4.69, 9.17) is 0 Å². The molecule has 1 aliphatic rings. The number of nitrogens with one attached hydrogen (secondary N) is 1. The molecule has 2 aromatic rings. The van der Waals surface area contributed by atoms with E-state index in [2.05, 4.69) is 55.6 Å². The zero-order valence-corrected chi connectivity index (χ0v) is 17.6. The number of amides is 1. The molecule has 3 heteroatoms. The van der Waals surface area contributed by atoms with Gasteiger partial charge in [-0.2, -0.15) is 5.10 Å². The fourth-order valence-electron chi connectivity index (χ4n) is 3.82. The summed E-state index contributed by atoms with van der Waals surface area (Å²) in [4.78, 5) is 12.4. The van der Waals surface area contributed by atoms with Crippen molar-refractivity contribution < 1.29 is 4.79 Å². The molecule has 0 bridgehead atoms. The van der Waals surface area contributed by atoms with Crippen LogP contribution in [-0.4, -0.2) is 11.6 Å². The van der Waals surface area contributed by atoms with E-state index >= 15 is 0 Å². The Balaban J connectivity index is 1.62. The largest absolute Gasteiger partial charge is 0.271 e. The fraction of sp³-hybridized carbons (Fsp3) is 0.440. The first-order chi connectivity index (χ1) is 13.3. The number of carbonyl (C=O) groups is 1. The highest BCUT2D eigenvalue weighted by Crippen LogP contribution is 2.32. The topological polar surface area (TPSA) is 41.5 Å². The van der Waals surface area contributed by atoms with Crippen LogP contribution in [0.2, 0.25) is 0 Å². The van der Waals surface area contributed by atoms with Crippen LogP contribution in [-0.2, 0) is 5.41 Å². The lowest BCUT2D eigenvalue weighted by Crippen LogP contribution is -2.20. The molecule has 28 heavy (non-hydrogen) atoms. The third-order valence-corrected chi connectivity index (χ3v) is 5.74. The van der Waals surface area contributed by atoms with Gasteiger partial charge >= 0.3 is 0 Å². The zero-order valence-electron chi connectivity index (χ0n) is 17.6. The smallest absolute Gasteiger partial charge is 0.267 e. The average Bonchev–Trinajstić information content (AvgIpc) is 2.72. The Morgan fingerprint density at radius 2 is 1.46 bits per heavy atom. The van der Waals surface area contributed by atoms with Crippen molar-refractivity contribution in [2.75, 3.05) is 0 Å². The zero-order chi connectivity index (χ0) is 20.1. The quantitative estimate of drug-likeness (QED) is 0.502. The van der Waals surface area contributed by atoms with Crippen LogP contribution in [0, 0.1) is 0 Å². The molecule has 0 saturated heterocycles. The number of benzene rings is 2. The monoisotopic (exact) mass is 376 g/mol. The van der Waals surface area contributed by atoms with Crippen LogP contribution in [0.3, 0.4) is 0 Å². The molecule has 2 aromatic carbocycles. The number of hydrogen-bond acceptors (Lipinski definition) is 2. The van der Waals surface area contributed by atoms with E-state index < -0.39 is 0 Å². The van der Waals surface area contributed by atoms with Crippen LogP contribution in [0.4, 0.5) is 0 Å². The lowest BCUT2D eigenvalue weighted by molar-refractivity contribution is 0.0955. The summed E-state index contributed by atoms with van der Waals surface area (Å²) < 4.78 is 0. The van der Waals surface area contributed by atoms with Crippen LogP contribution < -0.4 is 5.43 Å². The van der Waals surface area contributed by atoms with Gasteiger partial charge < -0.3 is 0 Å². The molecule has 0 atom stereocenters. The molecule has 1 N–H and O–H groups in total. The van der Waals surface area contributed by atoms with Crippen molar-refractivity contribution in [3.63, 3.8) is 0 Å². The maximum absolute atomic E-state index is 12.4. The highest BCUT2D eigenvalue weighted by molar-refractivity contribution is 6.00. The minimum absolute atomic E-state index is 0.0769. The van der Waals surface area contributed by atoms with Crippen molar-refractivity contribution in [1.29, 1.82) is 0 Å². The summed E-state index contributed by atoms with van der Waals surface area (Å²) in [6, 6.07) is 16.4. The minimum Gasteiger partial charge on any atom is -0.267 e. The van der Waals surface area contributed by atoms with Gasteiger partial charge in [0.2, 0.25) is 0 Å². The highest BCUT2D eigenvalue weighted by atomic mass is 16.2. The number of hydrogen-bond donors (Lipinski definition) is 1. The van der Waals surface area contributed by atoms with Gasteiger partial charge in [-0.25, -0.2) is 5.43 Å². The highest BCUT2D eigenvalue weighted by Gasteiger charge is 2.16. The number of carbonyl (C=O) groups excluding carboxylic acids is 1. The molecule has 3 rings (SSSR count). The lowest BCUT2D eigenvalue weighted by atomic mass is 9.84. The van der Waals surface area contributed by atoms with Crippen molar-refractivity contribution >= 4 is 11.6 Å². The predicted molar refractivity (Wildman–Crippen MR) is 117 cm³/mol. The molecule has 1 amide bonds. The van der Waals surface area contributed by atoms with Crippen LogP contribution in [0.1, 0.15) is 92.8 Å². The number of rotatable bonds is 4. The van der Waals surface area contributed by atoms with Crippen LogP contribution in [0.15, 0.2) is 53.6 Å². The van der Waals surface area contributed by atoms with Gasteiger partial charge in [0.15, 0.2) is 0 Å². The molecule has 0 spiro atoms. The Bertz CT molecular complexity index is 820. The van der Waals surface area contributed by atoms with Crippen molar-refractivity contribution in [3.05, 3.63) is 70.8 Å². The summed E-state index contributed by atoms with van der Waals surface area (Å²) in [6.07, 6.45) is 6.66. The summed E-state index contributed by atoms with van der Waals surface area (Å²) in [5, 5.41) is 4.30. The Labute approximate surface area is 169 Å². The molecule has 0 aliphatic heterocycles.